The average molecular weight is 541 g/mol. The van der Waals surface area contributed by atoms with Crippen molar-refractivity contribution >= 4 is 44.5 Å². The standard InChI is InChI=1S/C24H20N2S.C7H8O3S/c1-25-22-13-7-8-14-23(22)27-24(25)17-18-15-16-26(19-9-3-2-4-10-19)21-12-6-5-11-20(18)21;1-6-2-4-7(5-3-6)11(8,9)10/h2-17,24H,1H3;2-5H,1H3,(H,8,9,10). The van der Waals surface area contributed by atoms with Crippen LogP contribution in [0.15, 0.2) is 131 Å². The molecule has 2 aliphatic heterocycles. The molecule has 0 amide bonds. The molecule has 5 nitrogen and oxygen atoms in total. The van der Waals surface area contributed by atoms with Crippen molar-refractivity contribution in [3.63, 3.8) is 0 Å². The molecule has 4 aromatic carbocycles. The number of rotatable bonds is 3. The van der Waals surface area contributed by atoms with Crippen molar-refractivity contribution in [2.24, 2.45) is 0 Å². The van der Waals surface area contributed by atoms with Crippen LogP contribution < -0.4 is 9.80 Å². The third kappa shape index (κ3) is 5.55. The number of allylic oxidation sites excluding steroid dienone is 2. The van der Waals surface area contributed by atoms with Gasteiger partial charge in [-0.15, -0.1) is 0 Å². The molecule has 2 aliphatic rings. The summed E-state index contributed by atoms with van der Waals surface area (Å²) >= 11 is 1.91. The second-order valence-electron chi connectivity index (χ2n) is 9.04. The van der Waals surface area contributed by atoms with Crippen molar-refractivity contribution in [3.8, 4) is 0 Å². The van der Waals surface area contributed by atoms with Crippen molar-refractivity contribution < 1.29 is 13.0 Å². The van der Waals surface area contributed by atoms with E-state index in [0.29, 0.717) is 5.37 Å². The highest BCUT2D eigenvalue weighted by atomic mass is 32.2. The van der Waals surface area contributed by atoms with Gasteiger partial charge in [0.15, 0.2) is 0 Å². The predicted molar refractivity (Wildman–Crippen MR) is 158 cm³/mol. The number of likely N-dealkylation sites (N-methyl/N-ethyl adjacent to an activating group) is 1. The number of aryl methyl sites for hydroxylation is 1. The van der Waals surface area contributed by atoms with Crippen LogP contribution in [0.1, 0.15) is 11.1 Å². The summed E-state index contributed by atoms with van der Waals surface area (Å²) in [6, 6.07) is 33.8. The number of thioether (sulfide) groups is 1. The Kier molecular flexibility index (Phi) is 7.42. The van der Waals surface area contributed by atoms with Crippen LogP contribution in [0.25, 0.3) is 5.57 Å². The number of hydrogen-bond acceptors (Lipinski definition) is 5. The molecule has 1 unspecified atom stereocenters. The van der Waals surface area contributed by atoms with Gasteiger partial charge < -0.3 is 9.80 Å². The maximum Gasteiger partial charge on any atom is 0.294 e. The maximum atomic E-state index is 10.5. The molecular formula is C31H28N2O3S2. The van der Waals surface area contributed by atoms with Crippen molar-refractivity contribution in [1.82, 2.24) is 0 Å². The summed E-state index contributed by atoms with van der Waals surface area (Å²) in [6.07, 6.45) is 6.78. The van der Waals surface area contributed by atoms with E-state index in [9.17, 15) is 8.42 Å². The summed E-state index contributed by atoms with van der Waals surface area (Å²) in [4.78, 5) is 5.89. The van der Waals surface area contributed by atoms with Crippen molar-refractivity contribution in [3.05, 3.63) is 133 Å². The quantitative estimate of drug-likeness (QED) is 0.271. The first-order valence-corrected chi connectivity index (χ1v) is 14.5. The van der Waals surface area contributed by atoms with Gasteiger partial charge in [0.05, 0.1) is 21.6 Å². The predicted octanol–water partition coefficient (Wildman–Crippen LogP) is 7.55. The maximum absolute atomic E-state index is 10.5. The fraction of sp³-hybridized carbons (Fsp3) is 0.0968. The third-order valence-corrected chi connectivity index (χ3v) is 8.59. The van der Waals surface area contributed by atoms with Gasteiger partial charge in [0.1, 0.15) is 0 Å². The first-order chi connectivity index (χ1) is 18.3. The number of nitrogens with zero attached hydrogens (tertiary/aromatic N) is 2. The topological polar surface area (TPSA) is 60.9 Å². The van der Waals surface area contributed by atoms with E-state index in [1.165, 1.54) is 45.2 Å². The lowest BCUT2D eigenvalue weighted by Gasteiger charge is -2.28. The van der Waals surface area contributed by atoms with Gasteiger partial charge in [-0.1, -0.05) is 78.0 Å². The summed E-state index contributed by atoms with van der Waals surface area (Å²) in [5, 5.41) is 0.304. The lowest BCUT2D eigenvalue weighted by molar-refractivity contribution is 0.483. The van der Waals surface area contributed by atoms with E-state index in [1.54, 1.807) is 12.1 Å². The monoisotopic (exact) mass is 540 g/mol. The van der Waals surface area contributed by atoms with Gasteiger partial charge in [-0.25, -0.2) is 0 Å². The molecular weight excluding hydrogens is 512 g/mol. The molecule has 192 valence electrons. The molecule has 0 radical (unpaired) electrons. The van der Waals surface area contributed by atoms with Gasteiger partial charge in [0.25, 0.3) is 10.1 Å². The van der Waals surface area contributed by atoms with Gasteiger partial charge in [0.2, 0.25) is 0 Å². The van der Waals surface area contributed by atoms with Crippen LogP contribution in [-0.4, -0.2) is 25.4 Å². The average Bonchev–Trinajstić information content (AvgIpc) is 3.24. The zero-order valence-corrected chi connectivity index (χ0v) is 22.7. The summed E-state index contributed by atoms with van der Waals surface area (Å²) in [7, 11) is -1.84. The highest BCUT2D eigenvalue weighted by molar-refractivity contribution is 8.00. The first-order valence-electron chi connectivity index (χ1n) is 12.2. The number of fused-ring (bicyclic) bond motifs is 2. The minimum absolute atomic E-state index is 0.0666. The number of para-hydroxylation sites is 3. The Bertz CT molecular complexity index is 1600. The highest BCUT2D eigenvalue weighted by Crippen LogP contribution is 2.45. The first kappa shape index (κ1) is 25.9. The Morgan fingerprint density at radius 2 is 1.45 bits per heavy atom. The number of benzene rings is 4. The smallest absolute Gasteiger partial charge is 0.294 e. The molecule has 6 rings (SSSR count). The van der Waals surface area contributed by atoms with Crippen molar-refractivity contribution in [2.75, 3.05) is 16.8 Å². The summed E-state index contributed by atoms with van der Waals surface area (Å²) in [6.45, 7) is 1.84. The normalized spacial score (nSPS) is 17.0. The zero-order chi connectivity index (χ0) is 26.7. The Hall–Kier alpha value is -3.78. The largest absolute Gasteiger partial charge is 0.358 e. The minimum atomic E-state index is -4.02. The Labute approximate surface area is 228 Å². The summed E-state index contributed by atoms with van der Waals surface area (Å²) in [5.74, 6) is 0. The van der Waals surface area contributed by atoms with E-state index >= 15 is 0 Å². The fourth-order valence-corrected chi connectivity index (χ4v) is 6.13. The van der Waals surface area contributed by atoms with Crippen LogP contribution in [0.4, 0.5) is 17.1 Å². The number of hydrogen-bond donors (Lipinski definition) is 1. The van der Waals surface area contributed by atoms with Crippen molar-refractivity contribution in [1.29, 1.82) is 0 Å². The lowest BCUT2D eigenvalue weighted by atomic mass is 9.99. The van der Waals surface area contributed by atoms with E-state index in [1.807, 2.05) is 18.7 Å². The van der Waals surface area contributed by atoms with Crippen LogP contribution in [0.5, 0.6) is 0 Å². The minimum Gasteiger partial charge on any atom is -0.358 e. The summed E-state index contributed by atoms with van der Waals surface area (Å²) < 4.78 is 29.6. The van der Waals surface area contributed by atoms with E-state index in [-0.39, 0.29) is 4.90 Å². The molecule has 0 saturated carbocycles. The van der Waals surface area contributed by atoms with Crippen LogP contribution in [0.3, 0.4) is 0 Å². The van der Waals surface area contributed by atoms with Crippen molar-refractivity contribution in [2.45, 2.75) is 22.1 Å². The molecule has 0 spiro atoms. The highest BCUT2D eigenvalue weighted by Gasteiger charge is 2.26. The van der Waals surface area contributed by atoms with E-state index in [4.69, 9.17) is 4.55 Å². The molecule has 0 bridgehead atoms. The van der Waals surface area contributed by atoms with Crippen LogP contribution in [-0.2, 0) is 10.1 Å². The Balaban J connectivity index is 0.000000226. The third-order valence-electron chi connectivity index (χ3n) is 6.43. The second kappa shape index (κ2) is 10.9. The van der Waals surface area contributed by atoms with Gasteiger partial charge in [0, 0.05) is 29.4 Å². The Morgan fingerprint density at radius 3 is 2.13 bits per heavy atom. The van der Waals surface area contributed by atoms with E-state index in [2.05, 4.69) is 114 Å². The molecule has 0 aliphatic carbocycles. The summed E-state index contributed by atoms with van der Waals surface area (Å²) in [5.41, 5.74) is 7.21. The molecule has 0 saturated heterocycles. The van der Waals surface area contributed by atoms with E-state index < -0.39 is 10.1 Å². The SMILES string of the molecule is CN1c2ccccc2SC1C=C1C=CN(c2ccccc2)c2ccccc21.Cc1ccc(S(=O)(=O)O)cc1. The molecule has 0 fully saturated rings. The zero-order valence-electron chi connectivity index (χ0n) is 21.1. The van der Waals surface area contributed by atoms with Gasteiger partial charge in [-0.2, -0.15) is 8.42 Å². The molecule has 0 aromatic heterocycles. The Morgan fingerprint density at radius 1 is 0.816 bits per heavy atom. The lowest BCUT2D eigenvalue weighted by Crippen LogP contribution is -2.23. The van der Waals surface area contributed by atoms with Crippen LogP contribution >= 0.6 is 11.8 Å². The van der Waals surface area contributed by atoms with Crippen LogP contribution in [0.2, 0.25) is 0 Å². The van der Waals surface area contributed by atoms with Crippen LogP contribution in [0, 0.1) is 6.92 Å². The molecule has 1 N–H and O–H groups in total. The fourth-order valence-electron chi connectivity index (χ4n) is 4.42. The van der Waals surface area contributed by atoms with Gasteiger partial charge >= 0.3 is 0 Å². The molecule has 7 heteroatoms. The second-order valence-corrected chi connectivity index (χ2v) is 11.6. The number of anilines is 3. The van der Waals surface area contributed by atoms with E-state index in [0.717, 1.165) is 5.56 Å². The van der Waals surface area contributed by atoms with Gasteiger partial charge in [-0.3, -0.25) is 4.55 Å². The van der Waals surface area contributed by atoms with Gasteiger partial charge in [-0.05, 0) is 67.1 Å². The molecule has 38 heavy (non-hydrogen) atoms. The molecule has 2 heterocycles. The molecule has 1 atom stereocenters. The molecule has 4 aromatic rings.